The third-order valence-electron chi connectivity index (χ3n) is 4.57. The predicted molar refractivity (Wildman–Crippen MR) is 96.9 cm³/mol. The molecule has 2 saturated heterocycles. The Hall–Kier alpha value is -1.73. The van der Waals surface area contributed by atoms with Crippen LogP contribution in [0, 0.1) is 0 Å². The zero-order valence-corrected chi connectivity index (χ0v) is 15.0. The van der Waals surface area contributed by atoms with Gasteiger partial charge in [0.25, 0.3) is 5.91 Å². The molecule has 2 aliphatic rings. The molecule has 6 nitrogen and oxygen atoms in total. The molecular formula is C18H24N2O4S. The molecule has 1 aromatic rings. The van der Waals surface area contributed by atoms with E-state index < -0.39 is 5.91 Å². The molecule has 0 bridgehead atoms. The van der Waals surface area contributed by atoms with Gasteiger partial charge in [0.05, 0.1) is 6.10 Å². The van der Waals surface area contributed by atoms with Crippen LogP contribution in [0.4, 0.5) is 0 Å². The molecule has 0 saturated carbocycles. The first-order valence-electron chi connectivity index (χ1n) is 8.65. The Labute approximate surface area is 152 Å². The molecule has 2 N–H and O–H groups in total. The van der Waals surface area contributed by atoms with Gasteiger partial charge in [-0.3, -0.25) is 9.59 Å². The monoisotopic (exact) mass is 364 g/mol. The molecule has 0 spiro atoms. The van der Waals surface area contributed by atoms with E-state index in [0.29, 0.717) is 17.9 Å². The number of hydrogen-bond donors (Lipinski definition) is 1. The van der Waals surface area contributed by atoms with Crippen LogP contribution >= 0.6 is 11.8 Å². The summed E-state index contributed by atoms with van der Waals surface area (Å²) in [5, 5.41) is 0. The lowest BCUT2D eigenvalue weighted by Gasteiger charge is -2.30. The number of rotatable bonds is 7. The largest absolute Gasteiger partial charge is 0.484 e. The van der Waals surface area contributed by atoms with Crippen molar-refractivity contribution in [3.05, 3.63) is 29.8 Å². The van der Waals surface area contributed by atoms with Crippen molar-refractivity contribution in [2.75, 3.05) is 31.3 Å². The quantitative estimate of drug-likeness (QED) is 0.796. The van der Waals surface area contributed by atoms with Crippen LogP contribution in [-0.2, 0) is 9.53 Å². The summed E-state index contributed by atoms with van der Waals surface area (Å²) < 4.78 is 11.3. The Morgan fingerprint density at radius 1 is 1.36 bits per heavy atom. The first kappa shape index (κ1) is 18.1. The summed E-state index contributed by atoms with van der Waals surface area (Å²) in [5.41, 5.74) is 5.64. The average Bonchev–Trinajstić information content (AvgIpc) is 3.31. The van der Waals surface area contributed by atoms with Gasteiger partial charge in [-0.05, 0) is 43.2 Å². The molecule has 0 aliphatic carbocycles. The van der Waals surface area contributed by atoms with E-state index in [1.165, 1.54) is 0 Å². The molecule has 3 rings (SSSR count). The molecule has 7 heteroatoms. The molecule has 2 fully saturated rings. The van der Waals surface area contributed by atoms with Crippen molar-refractivity contribution in [1.82, 2.24) is 4.90 Å². The van der Waals surface area contributed by atoms with Crippen molar-refractivity contribution >= 4 is 23.6 Å². The summed E-state index contributed by atoms with van der Waals surface area (Å²) in [6.45, 7) is 1.37. The second-order valence-corrected chi connectivity index (χ2v) is 7.53. The molecule has 1 aromatic carbocycles. The molecule has 2 aliphatic heterocycles. The molecule has 2 amide bonds. The van der Waals surface area contributed by atoms with Crippen molar-refractivity contribution in [2.24, 2.45) is 5.73 Å². The highest BCUT2D eigenvalue weighted by atomic mass is 32.2. The standard InChI is InChI=1S/C18H24N2O4S/c19-18(22)13-3-1-4-15(9-13)24-11-17(21)20(14-6-8-25-12-14)10-16-5-2-7-23-16/h1,3-4,9,14,16H,2,5-8,10-12H2,(H2,19,22). The Kier molecular flexibility index (Phi) is 6.20. The van der Waals surface area contributed by atoms with E-state index in [2.05, 4.69) is 0 Å². The molecule has 25 heavy (non-hydrogen) atoms. The van der Waals surface area contributed by atoms with Crippen molar-refractivity contribution in [1.29, 1.82) is 0 Å². The highest BCUT2D eigenvalue weighted by Gasteiger charge is 2.30. The van der Waals surface area contributed by atoms with Gasteiger partial charge in [-0.1, -0.05) is 6.07 Å². The topological polar surface area (TPSA) is 81.9 Å². The van der Waals surface area contributed by atoms with E-state index in [-0.39, 0.29) is 24.7 Å². The van der Waals surface area contributed by atoms with Crippen molar-refractivity contribution in [3.63, 3.8) is 0 Å². The Bertz CT molecular complexity index is 613. The highest BCUT2D eigenvalue weighted by Crippen LogP contribution is 2.25. The number of carbonyl (C=O) groups excluding carboxylic acids is 2. The summed E-state index contributed by atoms with van der Waals surface area (Å²) in [7, 11) is 0. The van der Waals surface area contributed by atoms with Gasteiger partial charge >= 0.3 is 0 Å². The van der Waals surface area contributed by atoms with Crippen LogP contribution in [0.2, 0.25) is 0 Å². The van der Waals surface area contributed by atoms with Crippen molar-refractivity contribution in [3.8, 4) is 5.75 Å². The average molecular weight is 364 g/mol. The van der Waals surface area contributed by atoms with Gasteiger partial charge in [0.2, 0.25) is 5.91 Å². The molecule has 2 unspecified atom stereocenters. The fourth-order valence-corrected chi connectivity index (χ4v) is 4.42. The maximum Gasteiger partial charge on any atom is 0.260 e. The zero-order valence-electron chi connectivity index (χ0n) is 14.2. The van der Waals surface area contributed by atoms with Crippen molar-refractivity contribution < 1.29 is 19.1 Å². The van der Waals surface area contributed by atoms with Crippen LogP contribution in [0.1, 0.15) is 29.6 Å². The molecular weight excluding hydrogens is 340 g/mol. The maximum absolute atomic E-state index is 12.8. The first-order chi connectivity index (χ1) is 12.1. The van der Waals surface area contributed by atoms with Crippen molar-refractivity contribution in [2.45, 2.75) is 31.4 Å². The van der Waals surface area contributed by atoms with Gasteiger partial charge in [-0.2, -0.15) is 11.8 Å². The number of thioether (sulfide) groups is 1. The molecule has 2 heterocycles. The Morgan fingerprint density at radius 3 is 2.92 bits per heavy atom. The maximum atomic E-state index is 12.8. The van der Waals surface area contributed by atoms with Crippen LogP contribution in [0.3, 0.4) is 0 Å². The molecule has 0 aromatic heterocycles. The van der Waals surface area contributed by atoms with Crippen LogP contribution in [0.15, 0.2) is 24.3 Å². The lowest BCUT2D eigenvalue weighted by Crippen LogP contribution is -2.46. The summed E-state index contributed by atoms with van der Waals surface area (Å²) in [6.07, 6.45) is 3.21. The summed E-state index contributed by atoms with van der Waals surface area (Å²) in [4.78, 5) is 25.9. The van der Waals surface area contributed by atoms with E-state index in [1.807, 2.05) is 16.7 Å². The number of nitrogens with two attached hydrogens (primary N) is 1. The number of primary amides is 1. The molecule has 2 atom stereocenters. The highest BCUT2D eigenvalue weighted by molar-refractivity contribution is 7.99. The van der Waals surface area contributed by atoms with E-state index in [0.717, 1.165) is 37.4 Å². The normalized spacial score (nSPS) is 22.7. The zero-order chi connectivity index (χ0) is 17.6. The summed E-state index contributed by atoms with van der Waals surface area (Å²) in [5.74, 6) is 1.98. The minimum atomic E-state index is -0.514. The number of nitrogens with zero attached hydrogens (tertiary/aromatic N) is 1. The van der Waals surface area contributed by atoms with Gasteiger partial charge < -0.3 is 20.1 Å². The third-order valence-corrected chi connectivity index (χ3v) is 5.72. The van der Waals surface area contributed by atoms with Crippen LogP contribution < -0.4 is 10.5 Å². The predicted octanol–water partition coefficient (Wildman–Crippen LogP) is 1.68. The number of amides is 2. The first-order valence-corrected chi connectivity index (χ1v) is 9.80. The summed E-state index contributed by atoms with van der Waals surface area (Å²) >= 11 is 1.88. The van der Waals surface area contributed by atoms with E-state index >= 15 is 0 Å². The van der Waals surface area contributed by atoms with Crippen LogP contribution in [-0.4, -0.2) is 60.1 Å². The smallest absolute Gasteiger partial charge is 0.260 e. The lowest BCUT2D eigenvalue weighted by atomic mass is 10.1. The van der Waals surface area contributed by atoms with E-state index in [9.17, 15) is 9.59 Å². The van der Waals surface area contributed by atoms with E-state index in [1.54, 1.807) is 24.3 Å². The van der Waals surface area contributed by atoms with E-state index in [4.69, 9.17) is 15.2 Å². The Morgan fingerprint density at radius 2 is 2.24 bits per heavy atom. The third kappa shape index (κ3) is 4.89. The van der Waals surface area contributed by atoms with Gasteiger partial charge in [-0.25, -0.2) is 0 Å². The molecule has 0 radical (unpaired) electrons. The second-order valence-electron chi connectivity index (χ2n) is 6.38. The minimum Gasteiger partial charge on any atom is -0.484 e. The van der Waals surface area contributed by atoms with Gasteiger partial charge in [0, 0.05) is 30.5 Å². The van der Waals surface area contributed by atoms with Gasteiger partial charge in [0.15, 0.2) is 6.61 Å². The fourth-order valence-electron chi connectivity index (χ4n) is 3.20. The number of benzene rings is 1. The fraction of sp³-hybridized carbons (Fsp3) is 0.556. The Balaban J connectivity index is 1.61. The number of carbonyl (C=O) groups is 2. The lowest BCUT2D eigenvalue weighted by molar-refractivity contribution is -0.137. The number of ether oxygens (including phenoxy) is 2. The molecule has 136 valence electrons. The van der Waals surface area contributed by atoms with Gasteiger partial charge in [-0.15, -0.1) is 0 Å². The SMILES string of the molecule is NC(=O)c1cccc(OCC(=O)N(CC2CCCO2)C2CCSC2)c1. The van der Waals surface area contributed by atoms with Crippen LogP contribution in [0.25, 0.3) is 0 Å². The van der Waals surface area contributed by atoms with Crippen LogP contribution in [0.5, 0.6) is 5.75 Å². The number of hydrogen-bond acceptors (Lipinski definition) is 5. The second kappa shape index (κ2) is 8.58. The van der Waals surface area contributed by atoms with Gasteiger partial charge in [0.1, 0.15) is 5.75 Å². The minimum absolute atomic E-state index is 0.0347. The summed E-state index contributed by atoms with van der Waals surface area (Å²) in [6, 6.07) is 6.84.